The Hall–Kier alpha value is -2.84. The van der Waals surface area contributed by atoms with Crippen molar-refractivity contribution in [2.45, 2.75) is 30.7 Å². The summed E-state index contributed by atoms with van der Waals surface area (Å²) in [5.74, 6) is -2.14. The quantitative estimate of drug-likeness (QED) is 0.693. The number of halogens is 1. The molecule has 8 heteroatoms. The van der Waals surface area contributed by atoms with E-state index >= 15 is 0 Å². The highest BCUT2D eigenvalue weighted by atomic mass is 32.2. The molecule has 0 radical (unpaired) electrons. The number of carbonyl (C=O) groups is 2. The number of hydrogen-bond acceptors (Lipinski definition) is 4. The van der Waals surface area contributed by atoms with Gasteiger partial charge in [0.2, 0.25) is 10.0 Å². The predicted octanol–water partition coefficient (Wildman–Crippen LogP) is 2.77. The van der Waals surface area contributed by atoms with Crippen LogP contribution in [0.25, 0.3) is 6.08 Å². The third-order valence-electron chi connectivity index (χ3n) is 4.54. The van der Waals surface area contributed by atoms with Gasteiger partial charge in [-0.25, -0.2) is 12.8 Å². The van der Waals surface area contributed by atoms with Gasteiger partial charge in [-0.15, -0.1) is 0 Å². The number of hydrogen-bond donors (Lipinski definition) is 2. The first-order valence-electron chi connectivity index (χ1n) is 8.49. The van der Waals surface area contributed by atoms with E-state index in [9.17, 15) is 22.4 Å². The molecule has 0 amide bonds. The van der Waals surface area contributed by atoms with Crippen LogP contribution in [-0.4, -0.2) is 25.3 Å². The zero-order chi connectivity index (χ0) is 20.5. The largest absolute Gasteiger partial charge is 0.481 e. The highest BCUT2D eigenvalue weighted by Crippen LogP contribution is 2.34. The Morgan fingerprint density at radius 3 is 2.46 bits per heavy atom. The normalized spacial score (nSPS) is 15.4. The molecule has 1 aliphatic carbocycles. The van der Waals surface area contributed by atoms with Crippen LogP contribution in [0.15, 0.2) is 47.4 Å². The van der Waals surface area contributed by atoms with Crippen LogP contribution in [0.3, 0.4) is 0 Å². The molecule has 3 rings (SSSR count). The molecule has 1 atom stereocenters. The Morgan fingerprint density at radius 1 is 1.14 bits per heavy atom. The van der Waals surface area contributed by atoms with E-state index in [-0.39, 0.29) is 11.3 Å². The van der Waals surface area contributed by atoms with Gasteiger partial charge in [-0.05, 0) is 53.4 Å². The molecule has 0 saturated heterocycles. The van der Waals surface area contributed by atoms with Crippen molar-refractivity contribution in [2.75, 3.05) is 0 Å². The van der Waals surface area contributed by atoms with Gasteiger partial charge in [0.15, 0.2) is 0 Å². The number of sulfonamides is 1. The molecule has 1 aliphatic rings. The number of ketones is 1. The van der Waals surface area contributed by atoms with Crippen LogP contribution in [0.1, 0.15) is 34.7 Å². The van der Waals surface area contributed by atoms with Crippen molar-refractivity contribution in [2.24, 2.45) is 0 Å². The zero-order valence-corrected chi connectivity index (χ0v) is 15.8. The maximum absolute atomic E-state index is 13.1. The molecule has 2 aromatic rings. The van der Waals surface area contributed by atoms with E-state index in [1.165, 1.54) is 12.1 Å². The SMILES string of the molecule is Cc1ccc2c(c1CC(=O)CC(=O)O)C=CC2NS(=O)(=O)c1ccc(F)cc1. The first-order chi connectivity index (χ1) is 13.2. The van der Waals surface area contributed by atoms with Gasteiger partial charge in [-0.1, -0.05) is 24.3 Å². The number of carbonyl (C=O) groups excluding carboxylic acids is 1. The van der Waals surface area contributed by atoms with E-state index in [1.807, 2.05) is 6.92 Å². The minimum absolute atomic E-state index is 0.0386. The molecule has 1 unspecified atom stereocenters. The van der Waals surface area contributed by atoms with E-state index in [1.54, 1.807) is 24.3 Å². The molecular weight excluding hydrogens is 385 g/mol. The number of rotatable bonds is 7. The second-order valence-corrected chi connectivity index (χ2v) is 8.28. The Balaban J connectivity index is 1.87. The average Bonchev–Trinajstić information content (AvgIpc) is 2.99. The predicted molar refractivity (Wildman–Crippen MR) is 101 cm³/mol. The molecule has 0 bridgehead atoms. The van der Waals surface area contributed by atoms with Crippen molar-refractivity contribution in [1.82, 2.24) is 4.72 Å². The highest BCUT2D eigenvalue weighted by molar-refractivity contribution is 7.89. The number of fused-ring (bicyclic) bond motifs is 1. The lowest BCUT2D eigenvalue weighted by atomic mass is 9.93. The number of aryl methyl sites for hydroxylation is 1. The summed E-state index contributed by atoms with van der Waals surface area (Å²) in [6.07, 6.45) is 2.79. The molecule has 0 aromatic heterocycles. The minimum Gasteiger partial charge on any atom is -0.481 e. The van der Waals surface area contributed by atoms with E-state index in [4.69, 9.17) is 5.11 Å². The number of carboxylic acid groups (broad SMARTS) is 1. The van der Waals surface area contributed by atoms with Crippen LogP contribution >= 0.6 is 0 Å². The zero-order valence-electron chi connectivity index (χ0n) is 15.0. The van der Waals surface area contributed by atoms with Crippen molar-refractivity contribution >= 4 is 27.9 Å². The Labute approximate surface area is 161 Å². The summed E-state index contributed by atoms with van der Waals surface area (Å²) >= 11 is 0. The van der Waals surface area contributed by atoms with E-state index in [0.717, 1.165) is 17.7 Å². The standard InChI is InChI=1S/C20H18FNO5S/c1-12-2-7-17-16(18(12)10-14(23)11-20(24)25)8-9-19(17)22-28(26,27)15-5-3-13(21)4-6-15/h2-9,19,22H,10-11H2,1H3,(H,24,25). The van der Waals surface area contributed by atoms with Crippen LogP contribution in [-0.2, 0) is 26.0 Å². The second-order valence-electron chi connectivity index (χ2n) is 6.56. The molecule has 2 N–H and O–H groups in total. The van der Waals surface area contributed by atoms with Gasteiger partial charge in [0.1, 0.15) is 18.0 Å². The fraction of sp³-hybridized carbons (Fsp3) is 0.200. The van der Waals surface area contributed by atoms with Crippen LogP contribution in [0, 0.1) is 12.7 Å². The Kier molecular flexibility index (Phi) is 5.44. The summed E-state index contributed by atoms with van der Waals surface area (Å²) in [7, 11) is -3.88. The van der Waals surface area contributed by atoms with Crippen LogP contribution in [0.4, 0.5) is 4.39 Å². The fourth-order valence-electron chi connectivity index (χ4n) is 3.17. The highest BCUT2D eigenvalue weighted by Gasteiger charge is 2.26. The molecule has 2 aromatic carbocycles. The summed E-state index contributed by atoms with van der Waals surface area (Å²) in [5.41, 5.74) is 2.90. The maximum atomic E-state index is 13.1. The number of nitrogens with one attached hydrogen (secondary N) is 1. The number of carboxylic acids is 1. The smallest absolute Gasteiger partial charge is 0.310 e. The molecule has 0 saturated carbocycles. The topological polar surface area (TPSA) is 101 Å². The molecule has 0 fully saturated rings. The van der Waals surface area contributed by atoms with Crippen LogP contribution in [0.2, 0.25) is 0 Å². The molecule has 6 nitrogen and oxygen atoms in total. The summed E-state index contributed by atoms with van der Waals surface area (Å²) < 4.78 is 40.8. The van der Waals surface area contributed by atoms with Crippen molar-refractivity contribution in [3.63, 3.8) is 0 Å². The Bertz CT molecular complexity index is 1070. The van der Waals surface area contributed by atoms with Crippen molar-refractivity contribution in [3.05, 3.63) is 70.5 Å². The third-order valence-corrected chi connectivity index (χ3v) is 6.00. The van der Waals surface area contributed by atoms with Gasteiger partial charge in [0, 0.05) is 6.42 Å². The lowest BCUT2D eigenvalue weighted by Crippen LogP contribution is -2.27. The minimum atomic E-state index is -3.88. The third kappa shape index (κ3) is 4.18. The van der Waals surface area contributed by atoms with Crippen molar-refractivity contribution in [1.29, 1.82) is 0 Å². The van der Waals surface area contributed by atoms with Gasteiger partial charge in [0.05, 0.1) is 10.9 Å². The van der Waals surface area contributed by atoms with Gasteiger partial charge < -0.3 is 5.11 Å². The molecule has 0 aliphatic heterocycles. The molecule has 146 valence electrons. The summed E-state index contributed by atoms with van der Waals surface area (Å²) in [4.78, 5) is 22.6. The van der Waals surface area contributed by atoms with Gasteiger partial charge in [-0.3, -0.25) is 9.59 Å². The molecule has 0 heterocycles. The van der Waals surface area contributed by atoms with E-state index in [0.29, 0.717) is 16.7 Å². The van der Waals surface area contributed by atoms with E-state index < -0.39 is 40.1 Å². The van der Waals surface area contributed by atoms with Crippen LogP contribution in [0.5, 0.6) is 0 Å². The first-order valence-corrected chi connectivity index (χ1v) is 9.97. The number of Topliss-reactive ketones (excluding diaryl/α,β-unsaturated/α-hetero) is 1. The number of benzene rings is 2. The van der Waals surface area contributed by atoms with Crippen LogP contribution < -0.4 is 4.72 Å². The van der Waals surface area contributed by atoms with Gasteiger partial charge in [-0.2, -0.15) is 4.72 Å². The summed E-state index contributed by atoms with van der Waals surface area (Å²) in [6.45, 7) is 1.81. The van der Waals surface area contributed by atoms with Gasteiger partial charge >= 0.3 is 5.97 Å². The molecule has 0 spiro atoms. The molecule has 28 heavy (non-hydrogen) atoms. The second kappa shape index (κ2) is 7.65. The van der Waals surface area contributed by atoms with Crippen molar-refractivity contribution in [3.8, 4) is 0 Å². The lowest BCUT2D eigenvalue weighted by molar-refractivity contribution is -0.140. The molecular formula is C20H18FNO5S. The van der Waals surface area contributed by atoms with Crippen molar-refractivity contribution < 1.29 is 27.5 Å². The van der Waals surface area contributed by atoms with Gasteiger partial charge in [0.25, 0.3) is 0 Å². The average molecular weight is 403 g/mol. The lowest BCUT2D eigenvalue weighted by Gasteiger charge is -2.16. The fourth-order valence-corrected chi connectivity index (χ4v) is 4.34. The summed E-state index contributed by atoms with van der Waals surface area (Å²) in [6, 6.07) is 7.41. The van der Waals surface area contributed by atoms with E-state index in [2.05, 4.69) is 4.72 Å². The first kappa shape index (κ1) is 19.9. The maximum Gasteiger partial charge on any atom is 0.310 e. The Morgan fingerprint density at radius 2 is 1.82 bits per heavy atom. The monoisotopic (exact) mass is 403 g/mol. The number of aliphatic carboxylic acids is 1. The summed E-state index contributed by atoms with van der Waals surface area (Å²) in [5, 5.41) is 8.78.